The van der Waals surface area contributed by atoms with Gasteiger partial charge in [0.05, 0.1) is 18.6 Å². The number of methoxy groups -OCH3 is 1. The maximum absolute atomic E-state index is 12.8. The molecular formula is C14H20INO6S. The maximum atomic E-state index is 12.8. The third kappa shape index (κ3) is 5.30. The van der Waals surface area contributed by atoms with Crippen molar-refractivity contribution in [3.8, 4) is 5.75 Å². The van der Waals surface area contributed by atoms with E-state index in [0.717, 1.165) is 0 Å². The Morgan fingerprint density at radius 2 is 2.04 bits per heavy atom. The lowest BCUT2D eigenvalue weighted by molar-refractivity contribution is -0.142. The first-order valence-electron chi connectivity index (χ1n) is 6.73. The highest BCUT2D eigenvalue weighted by Gasteiger charge is 2.26. The Hall–Kier alpha value is -0.910. The van der Waals surface area contributed by atoms with Gasteiger partial charge < -0.3 is 14.6 Å². The first-order valence-corrected chi connectivity index (χ1v) is 9.70. The molecule has 0 spiro atoms. The summed E-state index contributed by atoms with van der Waals surface area (Å²) >= 11 is 2.11. The van der Waals surface area contributed by atoms with E-state index in [9.17, 15) is 13.2 Å². The van der Waals surface area contributed by atoms with Gasteiger partial charge in [-0.15, -0.1) is 0 Å². The van der Waals surface area contributed by atoms with Crippen LogP contribution in [0, 0.1) is 6.92 Å². The number of nitrogens with zero attached hydrogens (tertiary/aromatic N) is 1. The maximum Gasteiger partial charge on any atom is 0.329 e. The smallest absolute Gasteiger partial charge is 0.329 e. The number of hydrogen-bond acceptors (Lipinski definition) is 5. The number of carboxylic acids is 1. The molecule has 1 aromatic carbocycles. The number of benzene rings is 1. The number of hydrogen-bond donors (Lipinski definition) is 1. The quantitative estimate of drug-likeness (QED) is 0.345. The molecule has 0 saturated carbocycles. The van der Waals surface area contributed by atoms with Crippen LogP contribution in [-0.2, 0) is 24.0 Å². The Labute approximate surface area is 149 Å². The summed E-state index contributed by atoms with van der Waals surface area (Å²) in [6.45, 7) is 1.35. The molecule has 0 heterocycles. The summed E-state index contributed by atoms with van der Waals surface area (Å²) in [7, 11) is -0.714. The number of alkyl halides is 1. The average molecular weight is 457 g/mol. The normalized spacial score (nSPS) is 11.7. The Morgan fingerprint density at radius 3 is 2.57 bits per heavy atom. The van der Waals surface area contributed by atoms with Crippen molar-refractivity contribution in [1.29, 1.82) is 0 Å². The Kier molecular flexibility index (Phi) is 7.71. The second kappa shape index (κ2) is 8.81. The summed E-state index contributed by atoms with van der Waals surface area (Å²) in [6, 6.07) is 3.39. The Balaban J connectivity index is 3.01. The topological polar surface area (TPSA) is 93.1 Å². The molecule has 0 fully saturated rings. The zero-order valence-electron chi connectivity index (χ0n) is 13.2. The zero-order valence-corrected chi connectivity index (χ0v) is 16.2. The molecule has 1 aromatic rings. The lowest BCUT2D eigenvalue weighted by Crippen LogP contribution is -2.32. The molecule has 9 heteroatoms. The van der Waals surface area contributed by atoms with Gasteiger partial charge >= 0.3 is 5.97 Å². The number of carboxylic acid groups (broad SMARTS) is 1. The SMILES string of the molecule is COc1cc(C)c(S(=O)(=O)N(C)CCOCC(=O)O)c(CI)c1. The van der Waals surface area contributed by atoms with E-state index >= 15 is 0 Å². The molecule has 0 aromatic heterocycles. The molecule has 130 valence electrons. The van der Waals surface area contributed by atoms with Crippen LogP contribution < -0.4 is 4.74 Å². The average Bonchev–Trinajstić information content (AvgIpc) is 2.49. The summed E-state index contributed by atoms with van der Waals surface area (Å²) in [5.74, 6) is -0.478. The monoisotopic (exact) mass is 457 g/mol. The van der Waals surface area contributed by atoms with Gasteiger partial charge in [0.1, 0.15) is 12.4 Å². The van der Waals surface area contributed by atoms with Crippen LogP contribution in [0.3, 0.4) is 0 Å². The highest BCUT2D eigenvalue weighted by atomic mass is 127. The molecule has 0 aliphatic rings. The second-order valence-electron chi connectivity index (χ2n) is 4.84. The van der Waals surface area contributed by atoms with E-state index in [-0.39, 0.29) is 18.0 Å². The van der Waals surface area contributed by atoms with Crippen molar-refractivity contribution in [3.05, 3.63) is 23.3 Å². The predicted molar refractivity (Wildman–Crippen MR) is 93.7 cm³/mol. The van der Waals surface area contributed by atoms with Crippen LogP contribution in [0.1, 0.15) is 11.1 Å². The van der Waals surface area contributed by atoms with Crippen LogP contribution in [0.2, 0.25) is 0 Å². The molecule has 23 heavy (non-hydrogen) atoms. The third-order valence-corrected chi connectivity index (χ3v) is 6.07. The van der Waals surface area contributed by atoms with E-state index < -0.39 is 22.6 Å². The summed E-state index contributed by atoms with van der Waals surface area (Å²) in [6.07, 6.45) is 0. The number of aryl methyl sites for hydroxylation is 1. The lowest BCUT2D eigenvalue weighted by atomic mass is 10.1. The van der Waals surface area contributed by atoms with Gasteiger partial charge in [0.25, 0.3) is 0 Å². The standard InChI is InChI=1S/C14H20INO6S/c1-10-6-12(21-3)7-11(8-15)14(10)23(19,20)16(2)4-5-22-9-13(17)18/h6-7H,4-5,8-9H2,1-3H3,(H,17,18). The summed E-state index contributed by atoms with van der Waals surface area (Å²) in [4.78, 5) is 10.6. The molecule has 1 N–H and O–H groups in total. The van der Waals surface area contributed by atoms with Crippen LogP contribution in [0.15, 0.2) is 17.0 Å². The van der Waals surface area contributed by atoms with Gasteiger partial charge in [-0.1, -0.05) is 22.6 Å². The van der Waals surface area contributed by atoms with Crippen molar-refractivity contribution >= 4 is 38.6 Å². The highest BCUT2D eigenvalue weighted by Crippen LogP contribution is 2.29. The van der Waals surface area contributed by atoms with E-state index in [0.29, 0.717) is 21.3 Å². The molecule has 0 aliphatic carbocycles. The van der Waals surface area contributed by atoms with Crippen molar-refractivity contribution in [2.45, 2.75) is 16.2 Å². The Morgan fingerprint density at radius 1 is 1.39 bits per heavy atom. The molecule has 7 nitrogen and oxygen atoms in total. The second-order valence-corrected chi connectivity index (χ2v) is 7.58. The van der Waals surface area contributed by atoms with E-state index in [1.807, 2.05) is 0 Å². The van der Waals surface area contributed by atoms with Crippen LogP contribution in [-0.4, -0.2) is 57.7 Å². The molecule has 0 aliphatic heterocycles. The third-order valence-electron chi connectivity index (χ3n) is 3.15. The summed E-state index contributed by atoms with van der Waals surface area (Å²) < 4.78 is 37.3. The number of sulfonamides is 1. The first-order chi connectivity index (χ1) is 10.7. The molecular weight excluding hydrogens is 437 g/mol. The molecule has 0 saturated heterocycles. The number of halogens is 1. The molecule has 0 atom stereocenters. The van der Waals surface area contributed by atoms with Crippen LogP contribution in [0.25, 0.3) is 0 Å². The van der Waals surface area contributed by atoms with Gasteiger partial charge in [-0.2, -0.15) is 4.31 Å². The summed E-state index contributed by atoms with van der Waals surface area (Å²) in [5, 5.41) is 8.50. The lowest BCUT2D eigenvalue weighted by Gasteiger charge is -2.21. The fraction of sp³-hybridized carbons (Fsp3) is 0.500. The van der Waals surface area contributed by atoms with Gasteiger partial charge in [0.2, 0.25) is 10.0 Å². The zero-order chi connectivity index (χ0) is 17.6. The molecule has 0 radical (unpaired) electrons. The van der Waals surface area contributed by atoms with Gasteiger partial charge in [0, 0.05) is 18.0 Å². The molecule has 0 unspecified atom stereocenters. The van der Waals surface area contributed by atoms with Crippen LogP contribution >= 0.6 is 22.6 Å². The fourth-order valence-corrected chi connectivity index (χ4v) is 4.44. The minimum Gasteiger partial charge on any atom is -0.497 e. The van der Waals surface area contributed by atoms with Gasteiger partial charge in [-0.25, -0.2) is 13.2 Å². The minimum atomic E-state index is -3.69. The van der Waals surface area contributed by atoms with E-state index in [1.54, 1.807) is 19.1 Å². The van der Waals surface area contributed by atoms with E-state index in [2.05, 4.69) is 22.6 Å². The number of carbonyl (C=O) groups is 1. The number of likely N-dealkylation sites (N-methyl/N-ethyl adjacent to an activating group) is 1. The van der Waals surface area contributed by atoms with Crippen LogP contribution in [0.4, 0.5) is 0 Å². The van der Waals surface area contributed by atoms with Gasteiger partial charge in [-0.3, -0.25) is 0 Å². The van der Waals surface area contributed by atoms with Crippen molar-refractivity contribution in [2.24, 2.45) is 0 Å². The van der Waals surface area contributed by atoms with E-state index in [4.69, 9.17) is 14.6 Å². The van der Waals surface area contributed by atoms with Crippen molar-refractivity contribution in [3.63, 3.8) is 0 Å². The molecule has 1 rings (SSSR count). The number of aliphatic carboxylic acids is 1. The molecule has 0 bridgehead atoms. The largest absolute Gasteiger partial charge is 0.497 e. The van der Waals surface area contributed by atoms with Crippen molar-refractivity contribution in [1.82, 2.24) is 4.31 Å². The first kappa shape index (κ1) is 20.1. The summed E-state index contributed by atoms with van der Waals surface area (Å²) in [5.41, 5.74) is 1.27. The predicted octanol–water partition coefficient (Wildman–Crippen LogP) is 1.66. The minimum absolute atomic E-state index is 0.0107. The van der Waals surface area contributed by atoms with E-state index in [1.165, 1.54) is 18.5 Å². The van der Waals surface area contributed by atoms with Gasteiger partial charge in [-0.05, 0) is 30.2 Å². The highest BCUT2D eigenvalue weighted by molar-refractivity contribution is 14.1. The fourth-order valence-electron chi connectivity index (χ4n) is 2.03. The van der Waals surface area contributed by atoms with Crippen molar-refractivity contribution in [2.75, 3.05) is 33.9 Å². The van der Waals surface area contributed by atoms with Crippen LogP contribution in [0.5, 0.6) is 5.75 Å². The number of ether oxygens (including phenoxy) is 2. The van der Waals surface area contributed by atoms with Gasteiger partial charge in [0.15, 0.2) is 0 Å². The Bertz CT molecular complexity index is 661. The van der Waals surface area contributed by atoms with Crippen molar-refractivity contribution < 1.29 is 27.8 Å². The number of rotatable bonds is 9. The molecule has 0 amide bonds.